The SMILES string of the molecule is CC(CCO)Nc1nc2ccccc2o1. The Bertz CT molecular complexity index is 406. The topological polar surface area (TPSA) is 58.3 Å². The van der Waals surface area contributed by atoms with E-state index in [0.29, 0.717) is 12.4 Å². The van der Waals surface area contributed by atoms with Crippen LogP contribution in [-0.4, -0.2) is 22.7 Å². The molecular weight excluding hydrogens is 192 g/mol. The number of para-hydroxylation sites is 2. The fourth-order valence-electron chi connectivity index (χ4n) is 1.41. The fraction of sp³-hybridized carbons (Fsp3) is 0.364. The van der Waals surface area contributed by atoms with Crippen molar-refractivity contribution in [2.45, 2.75) is 19.4 Å². The Kier molecular flexibility index (Phi) is 2.87. The molecule has 0 fully saturated rings. The van der Waals surface area contributed by atoms with Crippen molar-refractivity contribution in [1.29, 1.82) is 0 Å². The summed E-state index contributed by atoms with van der Waals surface area (Å²) < 4.78 is 5.48. The lowest BCUT2D eigenvalue weighted by Crippen LogP contribution is -2.16. The number of oxazole rings is 1. The summed E-state index contributed by atoms with van der Waals surface area (Å²) in [6.07, 6.45) is 0.679. The second-order valence-corrected chi connectivity index (χ2v) is 3.54. The summed E-state index contributed by atoms with van der Waals surface area (Å²) in [5, 5.41) is 11.9. The third kappa shape index (κ3) is 2.27. The zero-order valence-corrected chi connectivity index (χ0v) is 8.60. The first-order valence-electron chi connectivity index (χ1n) is 5.02. The number of fused-ring (bicyclic) bond motifs is 1. The van der Waals surface area contributed by atoms with Crippen molar-refractivity contribution < 1.29 is 9.52 Å². The van der Waals surface area contributed by atoms with Gasteiger partial charge in [0.2, 0.25) is 0 Å². The number of nitrogens with one attached hydrogen (secondary N) is 1. The average molecular weight is 206 g/mol. The van der Waals surface area contributed by atoms with Crippen molar-refractivity contribution in [3.8, 4) is 0 Å². The molecule has 0 spiro atoms. The molecule has 0 aliphatic rings. The lowest BCUT2D eigenvalue weighted by atomic mass is 10.2. The maximum atomic E-state index is 8.76. The van der Waals surface area contributed by atoms with Crippen LogP contribution in [0.1, 0.15) is 13.3 Å². The first kappa shape index (κ1) is 9.98. The minimum absolute atomic E-state index is 0.156. The van der Waals surface area contributed by atoms with Gasteiger partial charge in [-0.1, -0.05) is 12.1 Å². The minimum atomic E-state index is 0.156. The van der Waals surface area contributed by atoms with Crippen molar-refractivity contribution >= 4 is 17.1 Å². The van der Waals surface area contributed by atoms with Crippen LogP contribution >= 0.6 is 0 Å². The van der Waals surface area contributed by atoms with E-state index >= 15 is 0 Å². The van der Waals surface area contributed by atoms with E-state index in [0.717, 1.165) is 11.1 Å². The highest BCUT2D eigenvalue weighted by Gasteiger charge is 2.07. The van der Waals surface area contributed by atoms with Crippen LogP contribution in [0.2, 0.25) is 0 Å². The average Bonchev–Trinajstić information content (AvgIpc) is 2.59. The molecule has 1 unspecified atom stereocenters. The predicted molar refractivity (Wildman–Crippen MR) is 58.8 cm³/mol. The zero-order chi connectivity index (χ0) is 10.7. The number of hydrogen-bond donors (Lipinski definition) is 2. The molecule has 1 atom stereocenters. The van der Waals surface area contributed by atoms with Gasteiger partial charge in [-0.05, 0) is 25.5 Å². The molecule has 1 heterocycles. The van der Waals surface area contributed by atoms with Gasteiger partial charge in [-0.3, -0.25) is 0 Å². The Balaban J connectivity index is 2.15. The lowest BCUT2D eigenvalue weighted by molar-refractivity contribution is 0.281. The molecule has 0 saturated carbocycles. The van der Waals surface area contributed by atoms with Crippen molar-refractivity contribution in [1.82, 2.24) is 4.98 Å². The molecule has 2 N–H and O–H groups in total. The van der Waals surface area contributed by atoms with E-state index in [-0.39, 0.29) is 12.6 Å². The molecule has 2 rings (SSSR count). The fourth-order valence-corrected chi connectivity index (χ4v) is 1.41. The zero-order valence-electron chi connectivity index (χ0n) is 8.60. The summed E-state index contributed by atoms with van der Waals surface area (Å²) in [7, 11) is 0. The van der Waals surface area contributed by atoms with Gasteiger partial charge >= 0.3 is 0 Å². The Morgan fingerprint density at radius 1 is 1.47 bits per heavy atom. The highest BCUT2D eigenvalue weighted by Crippen LogP contribution is 2.18. The Morgan fingerprint density at radius 2 is 2.27 bits per heavy atom. The molecule has 0 aliphatic carbocycles. The first-order valence-corrected chi connectivity index (χ1v) is 5.02. The van der Waals surface area contributed by atoms with E-state index in [1.165, 1.54) is 0 Å². The van der Waals surface area contributed by atoms with Crippen LogP contribution in [-0.2, 0) is 0 Å². The largest absolute Gasteiger partial charge is 0.424 e. The third-order valence-corrected chi connectivity index (χ3v) is 2.23. The summed E-state index contributed by atoms with van der Waals surface area (Å²) in [5.74, 6) is 0. The normalized spacial score (nSPS) is 12.9. The molecular formula is C11H14N2O2. The second-order valence-electron chi connectivity index (χ2n) is 3.54. The summed E-state index contributed by atoms with van der Waals surface area (Å²) >= 11 is 0. The van der Waals surface area contributed by atoms with Crippen LogP contribution in [0, 0.1) is 0 Å². The van der Waals surface area contributed by atoms with Crippen LogP contribution in [0.15, 0.2) is 28.7 Å². The van der Waals surface area contributed by atoms with Crippen LogP contribution in [0.25, 0.3) is 11.1 Å². The van der Waals surface area contributed by atoms with Crippen molar-refractivity contribution in [3.05, 3.63) is 24.3 Å². The molecule has 15 heavy (non-hydrogen) atoms. The molecule has 0 saturated heterocycles. The van der Waals surface area contributed by atoms with Crippen LogP contribution in [0.3, 0.4) is 0 Å². The third-order valence-electron chi connectivity index (χ3n) is 2.23. The number of rotatable bonds is 4. The van der Waals surface area contributed by atoms with Gasteiger partial charge in [0.1, 0.15) is 5.52 Å². The monoisotopic (exact) mass is 206 g/mol. The van der Waals surface area contributed by atoms with Gasteiger partial charge in [0, 0.05) is 12.6 Å². The summed E-state index contributed by atoms with van der Waals surface area (Å²) in [6, 6.07) is 8.28. The van der Waals surface area contributed by atoms with Gasteiger partial charge in [0.05, 0.1) is 0 Å². The highest BCUT2D eigenvalue weighted by atomic mass is 16.4. The molecule has 4 nitrogen and oxygen atoms in total. The van der Waals surface area contributed by atoms with Gasteiger partial charge in [-0.15, -0.1) is 0 Å². The van der Waals surface area contributed by atoms with Gasteiger partial charge in [0.15, 0.2) is 5.58 Å². The number of aromatic nitrogens is 1. The Labute approximate surface area is 87.9 Å². The van der Waals surface area contributed by atoms with Crippen molar-refractivity contribution in [3.63, 3.8) is 0 Å². The second kappa shape index (κ2) is 4.31. The summed E-state index contributed by atoms with van der Waals surface area (Å²) in [5.41, 5.74) is 1.62. The van der Waals surface area contributed by atoms with E-state index in [1.807, 2.05) is 31.2 Å². The maximum Gasteiger partial charge on any atom is 0.295 e. The molecule has 4 heteroatoms. The minimum Gasteiger partial charge on any atom is -0.424 e. The smallest absolute Gasteiger partial charge is 0.295 e. The van der Waals surface area contributed by atoms with Crippen LogP contribution < -0.4 is 5.32 Å². The lowest BCUT2D eigenvalue weighted by Gasteiger charge is -2.08. The van der Waals surface area contributed by atoms with Crippen molar-refractivity contribution in [2.75, 3.05) is 11.9 Å². The standard InChI is InChI=1S/C11H14N2O2/c1-8(6-7-14)12-11-13-9-4-2-3-5-10(9)15-11/h2-5,8,14H,6-7H2,1H3,(H,12,13). The molecule has 80 valence electrons. The number of aliphatic hydroxyl groups is 1. The van der Waals surface area contributed by atoms with E-state index < -0.39 is 0 Å². The maximum absolute atomic E-state index is 8.76. The van der Waals surface area contributed by atoms with E-state index in [9.17, 15) is 0 Å². The molecule has 0 radical (unpaired) electrons. The summed E-state index contributed by atoms with van der Waals surface area (Å²) in [6.45, 7) is 2.14. The number of hydrogen-bond acceptors (Lipinski definition) is 4. The Hall–Kier alpha value is -1.55. The van der Waals surface area contributed by atoms with Crippen LogP contribution in [0.4, 0.5) is 6.01 Å². The first-order chi connectivity index (χ1) is 7.29. The Morgan fingerprint density at radius 3 is 3.00 bits per heavy atom. The van der Waals surface area contributed by atoms with Gasteiger partial charge < -0.3 is 14.8 Å². The molecule has 0 amide bonds. The quantitative estimate of drug-likeness (QED) is 0.803. The molecule has 1 aromatic heterocycles. The van der Waals surface area contributed by atoms with Crippen molar-refractivity contribution in [2.24, 2.45) is 0 Å². The number of nitrogens with zero attached hydrogens (tertiary/aromatic N) is 1. The van der Waals surface area contributed by atoms with Gasteiger partial charge in [0.25, 0.3) is 6.01 Å². The van der Waals surface area contributed by atoms with Gasteiger partial charge in [-0.2, -0.15) is 4.98 Å². The number of aliphatic hydroxyl groups excluding tert-OH is 1. The molecule has 1 aromatic carbocycles. The number of benzene rings is 1. The van der Waals surface area contributed by atoms with E-state index in [4.69, 9.17) is 9.52 Å². The van der Waals surface area contributed by atoms with Gasteiger partial charge in [-0.25, -0.2) is 0 Å². The molecule has 0 aliphatic heterocycles. The van der Waals surface area contributed by atoms with E-state index in [1.54, 1.807) is 0 Å². The number of anilines is 1. The predicted octanol–water partition coefficient (Wildman–Crippen LogP) is 2.01. The van der Waals surface area contributed by atoms with Crippen LogP contribution in [0.5, 0.6) is 0 Å². The van der Waals surface area contributed by atoms with E-state index in [2.05, 4.69) is 10.3 Å². The summed E-state index contributed by atoms with van der Waals surface area (Å²) in [4.78, 5) is 4.28. The molecule has 2 aromatic rings. The molecule has 0 bridgehead atoms. The highest BCUT2D eigenvalue weighted by molar-refractivity contribution is 5.74.